The van der Waals surface area contributed by atoms with Gasteiger partial charge in [-0.1, -0.05) is 0 Å². The van der Waals surface area contributed by atoms with E-state index in [4.69, 9.17) is 0 Å². The molecule has 13 heavy (non-hydrogen) atoms. The second-order valence-corrected chi connectivity index (χ2v) is 3.74. The van der Waals surface area contributed by atoms with E-state index in [1.807, 2.05) is 0 Å². The Labute approximate surface area is 79.3 Å². The molecule has 0 amide bonds. The monoisotopic (exact) mass is 179 g/mol. The highest BCUT2D eigenvalue weighted by Crippen LogP contribution is 2.19. The third-order valence-electron chi connectivity index (χ3n) is 2.84. The van der Waals surface area contributed by atoms with Gasteiger partial charge < -0.3 is 9.88 Å². The lowest BCUT2D eigenvalue weighted by Crippen LogP contribution is -2.44. The van der Waals surface area contributed by atoms with Crippen LogP contribution in [-0.4, -0.2) is 36.1 Å². The molecule has 1 unspecified atom stereocenters. The lowest BCUT2D eigenvalue weighted by molar-refractivity contribution is 0.195. The summed E-state index contributed by atoms with van der Waals surface area (Å²) in [6.07, 6.45) is 2.11. The Morgan fingerprint density at radius 2 is 2.31 bits per heavy atom. The fourth-order valence-electron chi connectivity index (χ4n) is 1.96. The minimum Gasteiger partial charge on any atom is -0.353 e. The first-order valence-corrected chi connectivity index (χ1v) is 4.81. The maximum atomic E-state index is 3.43. The Balaban J connectivity index is 2.19. The molecule has 2 heterocycles. The molecule has 1 aliphatic rings. The van der Waals surface area contributed by atoms with E-state index in [0.29, 0.717) is 6.04 Å². The van der Waals surface area contributed by atoms with Crippen molar-refractivity contribution < 1.29 is 0 Å². The maximum Gasteiger partial charge on any atom is 0.0624 e. The summed E-state index contributed by atoms with van der Waals surface area (Å²) in [5.41, 5.74) is 1.40. The molecule has 1 saturated heterocycles. The summed E-state index contributed by atoms with van der Waals surface area (Å²) in [7, 11) is 4.30. The van der Waals surface area contributed by atoms with Crippen LogP contribution in [0.25, 0.3) is 0 Å². The van der Waals surface area contributed by atoms with Crippen molar-refractivity contribution in [2.24, 2.45) is 7.05 Å². The molecule has 72 valence electrons. The predicted octanol–water partition coefficient (Wildman–Crippen LogP) is 0.601. The molecular formula is C10H17N3. The third kappa shape index (κ3) is 1.62. The van der Waals surface area contributed by atoms with Crippen molar-refractivity contribution in [2.75, 3.05) is 26.7 Å². The topological polar surface area (TPSA) is 20.2 Å². The van der Waals surface area contributed by atoms with Crippen LogP contribution in [0.15, 0.2) is 18.3 Å². The van der Waals surface area contributed by atoms with Crippen LogP contribution in [-0.2, 0) is 7.05 Å². The molecule has 0 aliphatic carbocycles. The second kappa shape index (κ2) is 3.52. The minimum atomic E-state index is 0.536. The Morgan fingerprint density at radius 3 is 2.92 bits per heavy atom. The number of aryl methyl sites for hydroxylation is 1. The Bertz CT molecular complexity index is 279. The summed E-state index contributed by atoms with van der Waals surface area (Å²) in [5.74, 6) is 0. The van der Waals surface area contributed by atoms with E-state index in [0.717, 1.165) is 19.6 Å². The molecule has 0 spiro atoms. The number of hydrogen-bond donors (Lipinski definition) is 1. The zero-order chi connectivity index (χ0) is 9.26. The van der Waals surface area contributed by atoms with E-state index in [1.165, 1.54) is 5.69 Å². The highest BCUT2D eigenvalue weighted by Gasteiger charge is 2.21. The van der Waals surface area contributed by atoms with Gasteiger partial charge in [0, 0.05) is 38.6 Å². The molecule has 1 atom stereocenters. The average molecular weight is 179 g/mol. The quantitative estimate of drug-likeness (QED) is 0.681. The average Bonchev–Trinajstić information content (AvgIpc) is 2.52. The molecular weight excluding hydrogens is 162 g/mol. The number of nitrogens with one attached hydrogen (secondary N) is 1. The highest BCUT2D eigenvalue weighted by atomic mass is 15.2. The molecule has 1 N–H and O–H groups in total. The fourth-order valence-corrected chi connectivity index (χ4v) is 1.96. The number of piperazine rings is 1. The molecule has 0 aromatic carbocycles. The normalized spacial score (nSPS) is 24.9. The van der Waals surface area contributed by atoms with E-state index in [-0.39, 0.29) is 0 Å². The molecule has 1 aliphatic heterocycles. The number of likely N-dealkylation sites (N-methyl/N-ethyl adjacent to an activating group) is 1. The summed E-state index contributed by atoms with van der Waals surface area (Å²) in [4.78, 5) is 2.41. The number of aromatic nitrogens is 1. The SMILES string of the molecule is CN1CCNCC1c1cccn1C. The molecule has 2 rings (SSSR count). The first kappa shape index (κ1) is 8.78. The van der Waals surface area contributed by atoms with Crippen LogP contribution >= 0.6 is 0 Å². The van der Waals surface area contributed by atoms with Crippen LogP contribution in [0.4, 0.5) is 0 Å². The number of nitrogens with zero attached hydrogens (tertiary/aromatic N) is 2. The number of rotatable bonds is 1. The van der Waals surface area contributed by atoms with E-state index in [1.54, 1.807) is 0 Å². The Kier molecular flexibility index (Phi) is 2.38. The molecule has 0 saturated carbocycles. The van der Waals surface area contributed by atoms with E-state index >= 15 is 0 Å². The first-order valence-electron chi connectivity index (χ1n) is 4.81. The van der Waals surface area contributed by atoms with E-state index in [2.05, 4.69) is 47.2 Å². The van der Waals surface area contributed by atoms with Gasteiger partial charge in [0.25, 0.3) is 0 Å². The molecule has 1 aromatic rings. The van der Waals surface area contributed by atoms with Crippen LogP contribution in [0.3, 0.4) is 0 Å². The van der Waals surface area contributed by atoms with Gasteiger partial charge in [0.15, 0.2) is 0 Å². The van der Waals surface area contributed by atoms with Gasteiger partial charge in [-0.05, 0) is 19.2 Å². The van der Waals surface area contributed by atoms with Crippen LogP contribution in [0.1, 0.15) is 11.7 Å². The van der Waals surface area contributed by atoms with Gasteiger partial charge in [0.05, 0.1) is 6.04 Å². The van der Waals surface area contributed by atoms with Gasteiger partial charge in [-0.25, -0.2) is 0 Å². The molecule has 0 bridgehead atoms. The summed E-state index contributed by atoms with van der Waals surface area (Å²) < 4.78 is 2.20. The maximum absolute atomic E-state index is 3.43. The van der Waals surface area contributed by atoms with Crippen LogP contribution in [0.2, 0.25) is 0 Å². The molecule has 3 heteroatoms. The molecule has 1 aromatic heterocycles. The van der Waals surface area contributed by atoms with E-state index < -0.39 is 0 Å². The standard InChI is InChI=1S/C10H17N3/c1-12-6-3-4-9(12)10-8-11-5-7-13(10)2/h3-4,6,10-11H,5,7-8H2,1-2H3. The van der Waals surface area contributed by atoms with Gasteiger partial charge in [0.1, 0.15) is 0 Å². The van der Waals surface area contributed by atoms with Crippen molar-refractivity contribution in [3.05, 3.63) is 24.0 Å². The lowest BCUT2D eigenvalue weighted by atomic mass is 10.1. The van der Waals surface area contributed by atoms with Crippen molar-refractivity contribution >= 4 is 0 Å². The Hall–Kier alpha value is -0.800. The smallest absolute Gasteiger partial charge is 0.0624 e. The van der Waals surface area contributed by atoms with Gasteiger partial charge in [0.2, 0.25) is 0 Å². The summed E-state index contributed by atoms with van der Waals surface area (Å²) in [6, 6.07) is 4.85. The molecule has 0 radical (unpaired) electrons. The molecule has 3 nitrogen and oxygen atoms in total. The fraction of sp³-hybridized carbons (Fsp3) is 0.600. The largest absolute Gasteiger partial charge is 0.353 e. The summed E-state index contributed by atoms with van der Waals surface area (Å²) in [5, 5.41) is 3.43. The van der Waals surface area contributed by atoms with Crippen LogP contribution < -0.4 is 5.32 Å². The first-order chi connectivity index (χ1) is 6.29. The van der Waals surface area contributed by atoms with Crippen molar-refractivity contribution in [2.45, 2.75) is 6.04 Å². The third-order valence-corrected chi connectivity index (χ3v) is 2.84. The second-order valence-electron chi connectivity index (χ2n) is 3.74. The van der Waals surface area contributed by atoms with Crippen molar-refractivity contribution in [3.8, 4) is 0 Å². The highest BCUT2D eigenvalue weighted by molar-refractivity contribution is 5.13. The zero-order valence-electron chi connectivity index (χ0n) is 8.33. The van der Waals surface area contributed by atoms with E-state index in [9.17, 15) is 0 Å². The van der Waals surface area contributed by atoms with Gasteiger partial charge in [-0.2, -0.15) is 0 Å². The van der Waals surface area contributed by atoms with Crippen LogP contribution in [0, 0.1) is 0 Å². The minimum absolute atomic E-state index is 0.536. The predicted molar refractivity (Wildman–Crippen MR) is 53.7 cm³/mol. The van der Waals surface area contributed by atoms with Crippen LogP contribution in [0.5, 0.6) is 0 Å². The van der Waals surface area contributed by atoms with Gasteiger partial charge in [-0.15, -0.1) is 0 Å². The summed E-state index contributed by atoms with van der Waals surface area (Å²) >= 11 is 0. The van der Waals surface area contributed by atoms with Gasteiger partial charge in [-0.3, -0.25) is 4.90 Å². The zero-order valence-corrected chi connectivity index (χ0v) is 8.33. The van der Waals surface area contributed by atoms with Crippen molar-refractivity contribution in [1.82, 2.24) is 14.8 Å². The van der Waals surface area contributed by atoms with Gasteiger partial charge >= 0.3 is 0 Å². The molecule has 1 fully saturated rings. The van der Waals surface area contributed by atoms with Crippen molar-refractivity contribution in [3.63, 3.8) is 0 Å². The summed E-state index contributed by atoms with van der Waals surface area (Å²) in [6.45, 7) is 3.31. The number of hydrogen-bond acceptors (Lipinski definition) is 2. The van der Waals surface area contributed by atoms with Crippen molar-refractivity contribution in [1.29, 1.82) is 0 Å². The Morgan fingerprint density at radius 1 is 1.46 bits per heavy atom. The lowest BCUT2D eigenvalue weighted by Gasteiger charge is -2.33.